The molecule has 2 aliphatic rings. The number of aliphatic hydroxyl groups is 1. The van der Waals surface area contributed by atoms with Crippen molar-refractivity contribution in [3.05, 3.63) is 80.2 Å². The number of rotatable bonds is 4. The Morgan fingerprint density at radius 2 is 2.06 bits per heavy atom. The molecule has 0 radical (unpaired) electrons. The first kappa shape index (κ1) is 20.6. The van der Waals surface area contributed by atoms with Gasteiger partial charge in [0.25, 0.3) is 0 Å². The van der Waals surface area contributed by atoms with Gasteiger partial charge < -0.3 is 14.8 Å². The Bertz CT molecular complexity index is 1190. The Morgan fingerprint density at radius 1 is 1.23 bits per heavy atom. The van der Waals surface area contributed by atoms with E-state index in [0.717, 1.165) is 17.7 Å². The van der Waals surface area contributed by atoms with Crippen LogP contribution in [0.1, 0.15) is 23.7 Å². The molecule has 1 aromatic heterocycles. The van der Waals surface area contributed by atoms with Crippen LogP contribution < -0.4 is 10.4 Å². The zero-order chi connectivity index (χ0) is 21.7. The lowest BCUT2D eigenvalue weighted by Gasteiger charge is -2.30. The van der Waals surface area contributed by atoms with Gasteiger partial charge in [-0.15, -0.1) is 0 Å². The Balaban J connectivity index is 1.50. The summed E-state index contributed by atoms with van der Waals surface area (Å²) in [7, 11) is 0. The van der Waals surface area contributed by atoms with E-state index in [1.807, 2.05) is 6.07 Å². The number of fused-ring (bicyclic) bond motifs is 1. The maximum atomic E-state index is 15.0. The van der Waals surface area contributed by atoms with Crippen molar-refractivity contribution in [2.45, 2.75) is 31.1 Å². The first-order valence-electron chi connectivity index (χ1n) is 10.0. The van der Waals surface area contributed by atoms with Crippen LogP contribution in [-0.4, -0.2) is 44.8 Å². The smallest absolute Gasteiger partial charge is 0.330 e. The molecule has 31 heavy (non-hydrogen) atoms. The molecule has 0 spiro atoms. The van der Waals surface area contributed by atoms with E-state index in [0.29, 0.717) is 35.1 Å². The fourth-order valence-electron chi connectivity index (χ4n) is 4.54. The minimum atomic E-state index is -0.576. The third kappa shape index (κ3) is 3.76. The van der Waals surface area contributed by atoms with E-state index >= 15 is 0 Å². The zero-order valence-corrected chi connectivity index (χ0v) is 17.9. The Hall–Kier alpha value is -2.32. The number of hydrogen-bond acceptors (Lipinski definition) is 4. The molecule has 3 atom stereocenters. The molecule has 2 N–H and O–H groups in total. The topological polar surface area (TPSA) is 70.5 Å². The van der Waals surface area contributed by atoms with Crippen molar-refractivity contribution >= 4 is 23.2 Å². The lowest BCUT2D eigenvalue weighted by Crippen LogP contribution is -2.39. The number of hydrogen-bond donors (Lipinski definition) is 2. The van der Waals surface area contributed by atoms with Gasteiger partial charge in [-0.25, -0.2) is 9.18 Å². The molecule has 5 rings (SSSR count). The van der Waals surface area contributed by atoms with Crippen molar-refractivity contribution in [1.29, 1.82) is 0 Å². The SMILES string of the molecule is O=c1[nH]ccn1-c1ccc(O[C@H]2c3cc(Cl)cc(Cl)c3C[C@@H]2N2CC[C@@H](O)C2)c(F)c1. The standard InChI is InChI=1S/C22H20Cl2FN3O3/c23-12-7-16-15(17(24)8-12)10-19(27-5-3-14(29)11-27)21(16)31-20-2-1-13(9-18(20)25)28-6-4-26-22(28)30/h1-2,4,6-9,14,19,21,29H,3,5,10-11H2,(H,26,30)/t14-,19+,21+/m1/s1. The molecule has 1 aliphatic heterocycles. The van der Waals surface area contributed by atoms with Gasteiger partial charge >= 0.3 is 5.69 Å². The van der Waals surface area contributed by atoms with E-state index < -0.39 is 11.9 Å². The van der Waals surface area contributed by atoms with Crippen molar-refractivity contribution in [1.82, 2.24) is 14.5 Å². The summed E-state index contributed by atoms with van der Waals surface area (Å²) in [5, 5.41) is 11.1. The van der Waals surface area contributed by atoms with Gasteiger partial charge in [0.1, 0.15) is 6.10 Å². The van der Waals surface area contributed by atoms with Gasteiger partial charge in [0, 0.05) is 47.2 Å². The molecule has 0 amide bonds. The fourth-order valence-corrected chi connectivity index (χ4v) is 5.13. The van der Waals surface area contributed by atoms with Crippen molar-refractivity contribution in [3.63, 3.8) is 0 Å². The normalized spacial score (nSPS) is 23.3. The van der Waals surface area contributed by atoms with Crippen LogP contribution in [0.25, 0.3) is 5.69 Å². The van der Waals surface area contributed by atoms with Crippen molar-refractivity contribution in [3.8, 4) is 11.4 Å². The molecule has 3 aromatic rings. The van der Waals surface area contributed by atoms with E-state index in [1.54, 1.807) is 12.1 Å². The average molecular weight is 464 g/mol. The number of likely N-dealkylation sites (tertiary alicyclic amines) is 1. The highest BCUT2D eigenvalue weighted by molar-refractivity contribution is 6.35. The predicted octanol–water partition coefficient (Wildman–Crippen LogP) is 3.72. The molecule has 162 valence electrons. The molecule has 0 bridgehead atoms. The second kappa shape index (κ2) is 7.98. The summed E-state index contributed by atoms with van der Waals surface area (Å²) >= 11 is 12.7. The minimum Gasteiger partial charge on any atom is -0.481 e. The number of imidazole rings is 1. The summed E-state index contributed by atoms with van der Waals surface area (Å²) in [5.41, 5.74) is 1.80. The second-order valence-corrected chi connectivity index (χ2v) is 8.80. The van der Waals surface area contributed by atoms with Crippen LogP contribution in [0.15, 0.2) is 47.5 Å². The van der Waals surface area contributed by atoms with Crippen LogP contribution in [0.5, 0.6) is 5.75 Å². The number of aromatic amines is 1. The van der Waals surface area contributed by atoms with E-state index in [2.05, 4.69) is 9.88 Å². The van der Waals surface area contributed by atoms with Gasteiger partial charge in [-0.3, -0.25) is 9.47 Å². The van der Waals surface area contributed by atoms with Crippen LogP contribution in [0, 0.1) is 5.82 Å². The summed E-state index contributed by atoms with van der Waals surface area (Å²) in [5.74, 6) is -0.501. The van der Waals surface area contributed by atoms with Crippen molar-refractivity contribution < 1.29 is 14.2 Å². The van der Waals surface area contributed by atoms with Gasteiger partial charge in [-0.1, -0.05) is 23.2 Å². The maximum absolute atomic E-state index is 15.0. The summed E-state index contributed by atoms with van der Waals surface area (Å²) in [4.78, 5) is 16.5. The van der Waals surface area contributed by atoms with E-state index in [1.165, 1.54) is 29.1 Å². The maximum Gasteiger partial charge on any atom is 0.330 e. The summed E-state index contributed by atoms with van der Waals surface area (Å²) in [6, 6.07) is 7.82. The van der Waals surface area contributed by atoms with Crippen LogP contribution >= 0.6 is 23.2 Å². The Morgan fingerprint density at radius 3 is 2.74 bits per heavy atom. The molecule has 1 saturated heterocycles. The summed E-state index contributed by atoms with van der Waals surface area (Å²) < 4.78 is 22.5. The third-order valence-electron chi connectivity index (χ3n) is 6.02. The predicted molar refractivity (Wildman–Crippen MR) is 116 cm³/mol. The van der Waals surface area contributed by atoms with Crippen molar-refractivity contribution in [2.24, 2.45) is 0 Å². The minimum absolute atomic E-state index is 0.0750. The average Bonchev–Trinajstić information content (AvgIpc) is 3.43. The van der Waals surface area contributed by atoms with E-state index in [9.17, 15) is 14.3 Å². The number of ether oxygens (including phenoxy) is 1. The summed E-state index contributed by atoms with van der Waals surface area (Å²) in [6.45, 7) is 1.25. The largest absolute Gasteiger partial charge is 0.481 e. The van der Waals surface area contributed by atoms with Gasteiger partial charge in [-0.05, 0) is 42.7 Å². The number of nitrogens with one attached hydrogen (secondary N) is 1. The highest BCUT2D eigenvalue weighted by atomic mass is 35.5. The first-order chi connectivity index (χ1) is 14.9. The molecule has 0 unspecified atom stereocenters. The molecular weight excluding hydrogens is 444 g/mol. The van der Waals surface area contributed by atoms with E-state index in [-0.39, 0.29) is 23.6 Å². The van der Waals surface area contributed by atoms with Gasteiger partial charge in [0.2, 0.25) is 0 Å². The second-order valence-electron chi connectivity index (χ2n) is 7.95. The number of H-pyrrole nitrogens is 1. The first-order valence-corrected chi connectivity index (χ1v) is 10.8. The van der Waals surface area contributed by atoms with E-state index in [4.69, 9.17) is 27.9 Å². The van der Waals surface area contributed by atoms with Crippen LogP contribution in [0.3, 0.4) is 0 Å². The van der Waals surface area contributed by atoms with Gasteiger partial charge in [0.15, 0.2) is 11.6 Å². The van der Waals surface area contributed by atoms with Crippen LogP contribution in [0.2, 0.25) is 10.0 Å². The highest BCUT2D eigenvalue weighted by Gasteiger charge is 2.42. The Labute approximate surface area is 187 Å². The van der Waals surface area contributed by atoms with Gasteiger partial charge in [0.05, 0.1) is 17.8 Å². The summed E-state index contributed by atoms with van der Waals surface area (Å²) in [6.07, 6.45) is 3.45. The molecule has 0 saturated carbocycles. The quantitative estimate of drug-likeness (QED) is 0.618. The monoisotopic (exact) mass is 463 g/mol. The fraction of sp³-hybridized carbons (Fsp3) is 0.318. The molecule has 6 nitrogen and oxygen atoms in total. The van der Waals surface area contributed by atoms with Gasteiger partial charge in [-0.2, -0.15) is 0 Å². The molecule has 1 aliphatic carbocycles. The molecule has 1 fully saturated rings. The zero-order valence-electron chi connectivity index (χ0n) is 16.4. The lowest BCUT2D eigenvalue weighted by atomic mass is 10.1. The number of nitrogens with zero attached hydrogens (tertiary/aromatic N) is 2. The third-order valence-corrected chi connectivity index (χ3v) is 6.58. The number of β-amino-alcohol motifs (C(OH)–C–C–N with tert-alkyl or cyclic N) is 1. The Kier molecular flexibility index (Phi) is 5.30. The number of aliphatic hydroxyl groups excluding tert-OH is 1. The number of aromatic nitrogens is 2. The molecule has 2 heterocycles. The highest BCUT2D eigenvalue weighted by Crippen LogP contribution is 2.43. The number of benzene rings is 2. The van der Waals surface area contributed by atoms with Crippen molar-refractivity contribution in [2.75, 3.05) is 13.1 Å². The molecule has 2 aromatic carbocycles. The van der Waals surface area contributed by atoms with Crippen LogP contribution in [-0.2, 0) is 6.42 Å². The molecule has 9 heteroatoms. The lowest BCUT2D eigenvalue weighted by molar-refractivity contribution is 0.0790. The van der Waals surface area contributed by atoms with Crippen LogP contribution in [0.4, 0.5) is 4.39 Å². The molecular formula is C22H20Cl2FN3O3. The number of halogens is 3.